The van der Waals surface area contributed by atoms with Gasteiger partial charge in [0.25, 0.3) is 0 Å². The average molecular weight is 316 g/mol. The summed E-state index contributed by atoms with van der Waals surface area (Å²) in [6.45, 7) is 7.73. The molecule has 1 aromatic carbocycles. The largest absolute Gasteiger partial charge is 0.313 e. The minimum absolute atomic E-state index is 0.577. The Balaban J connectivity index is 2.50. The molecule has 1 N–H and O–H groups in total. The summed E-state index contributed by atoms with van der Waals surface area (Å²) in [5.74, 6) is 1.18. The molecule has 0 saturated heterocycles. The van der Waals surface area contributed by atoms with Crippen molar-refractivity contribution >= 4 is 27.7 Å². The van der Waals surface area contributed by atoms with Crippen LogP contribution in [0.1, 0.15) is 26.3 Å². The van der Waals surface area contributed by atoms with Gasteiger partial charge in [0.15, 0.2) is 0 Å². The molecule has 0 aliphatic heterocycles. The standard InChI is InChI=1S/C14H22BrNS/c1-4-16-14(10-17-11(2)3)9-12-5-7-13(15)8-6-12/h5-8,11,14,16H,4,9-10H2,1-3H3. The molecule has 96 valence electrons. The molecule has 0 fully saturated rings. The molecule has 1 nitrogen and oxygen atoms in total. The van der Waals surface area contributed by atoms with Crippen LogP contribution in [-0.4, -0.2) is 23.6 Å². The molecule has 3 heteroatoms. The molecule has 1 unspecified atom stereocenters. The predicted molar refractivity (Wildman–Crippen MR) is 82.9 cm³/mol. The van der Waals surface area contributed by atoms with E-state index in [4.69, 9.17) is 0 Å². The summed E-state index contributed by atoms with van der Waals surface area (Å²) in [7, 11) is 0. The van der Waals surface area contributed by atoms with E-state index in [0.717, 1.165) is 17.4 Å². The van der Waals surface area contributed by atoms with Crippen molar-refractivity contribution in [2.45, 2.75) is 38.5 Å². The molecule has 0 saturated carbocycles. The lowest BCUT2D eigenvalue weighted by Gasteiger charge is -2.18. The minimum atomic E-state index is 0.577. The summed E-state index contributed by atoms with van der Waals surface area (Å²) >= 11 is 5.50. The molecule has 1 atom stereocenters. The molecular formula is C14H22BrNS. The van der Waals surface area contributed by atoms with Crippen LogP contribution >= 0.6 is 27.7 Å². The number of benzene rings is 1. The minimum Gasteiger partial charge on any atom is -0.313 e. The molecule has 17 heavy (non-hydrogen) atoms. The topological polar surface area (TPSA) is 12.0 Å². The van der Waals surface area contributed by atoms with Gasteiger partial charge in [-0.1, -0.05) is 48.8 Å². The second kappa shape index (κ2) is 8.17. The Labute approximate surface area is 118 Å². The fraction of sp³-hybridized carbons (Fsp3) is 0.571. The highest BCUT2D eigenvalue weighted by atomic mass is 79.9. The number of thioether (sulfide) groups is 1. The van der Waals surface area contributed by atoms with Gasteiger partial charge in [-0.3, -0.25) is 0 Å². The number of hydrogen-bond donors (Lipinski definition) is 1. The monoisotopic (exact) mass is 315 g/mol. The average Bonchev–Trinajstić information content (AvgIpc) is 2.29. The van der Waals surface area contributed by atoms with Crippen molar-refractivity contribution in [3.63, 3.8) is 0 Å². The van der Waals surface area contributed by atoms with Gasteiger partial charge in [0.1, 0.15) is 0 Å². The van der Waals surface area contributed by atoms with E-state index in [-0.39, 0.29) is 0 Å². The molecule has 0 aliphatic rings. The van der Waals surface area contributed by atoms with E-state index in [0.29, 0.717) is 11.3 Å². The quantitative estimate of drug-likeness (QED) is 0.812. The number of hydrogen-bond acceptors (Lipinski definition) is 2. The molecular weight excluding hydrogens is 294 g/mol. The van der Waals surface area contributed by atoms with E-state index in [1.807, 2.05) is 11.8 Å². The SMILES string of the molecule is CCNC(CSC(C)C)Cc1ccc(Br)cc1. The van der Waals surface area contributed by atoms with Crippen LogP contribution in [0.5, 0.6) is 0 Å². The van der Waals surface area contributed by atoms with Crippen molar-refractivity contribution in [3.8, 4) is 0 Å². The fourth-order valence-corrected chi connectivity index (χ4v) is 2.81. The first-order chi connectivity index (χ1) is 8.11. The van der Waals surface area contributed by atoms with Gasteiger partial charge in [0, 0.05) is 16.3 Å². The summed E-state index contributed by atoms with van der Waals surface area (Å²) in [6.07, 6.45) is 1.11. The summed E-state index contributed by atoms with van der Waals surface area (Å²) in [4.78, 5) is 0. The van der Waals surface area contributed by atoms with Gasteiger partial charge in [-0.05, 0) is 35.9 Å². The third kappa shape index (κ3) is 6.49. The lowest BCUT2D eigenvalue weighted by atomic mass is 10.1. The zero-order valence-electron chi connectivity index (χ0n) is 10.9. The smallest absolute Gasteiger partial charge is 0.0198 e. The Morgan fingerprint density at radius 2 is 1.88 bits per heavy atom. The first-order valence-electron chi connectivity index (χ1n) is 6.21. The van der Waals surface area contributed by atoms with Crippen LogP contribution in [0.2, 0.25) is 0 Å². The van der Waals surface area contributed by atoms with Crippen LogP contribution in [0.25, 0.3) is 0 Å². The van der Waals surface area contributed by atoms with Crippen molar-refractivity contribution < 1.29 is 0 Å². The maximum atomic E-state index is 3.57. The van der Waals surface area contributed by atoms with Crippen molar-refractivity contribution in [2.24, 2.45) is 0 Å². The van der Waals surface area contributed by atoms with Gasteiger partial charge in [0.05, 0.1) is 0 Å². The molecule has 0 radical (unpaired) electrons. The van der Waals surface area contributed by atoms with Gasteiger partial charge in [-0.15, -0.1) is 0 Å². The number of halogens is 1. The molecule has 0 bridgehead atoms. The van der Waals surface area contributed by atoms with Gasteiger partial charge in [0.2, 0.25) is 0 Å². The Hall–Kier alpha value is 0.01000. The third-order valence-electron chi connectivity index (χ3n) is 2.52. The molecule has 0 aromatic heterocycles. The summed E-state index contributed by atoms with van der Waals surface area (Å²) in [5.41, 5.74) is 1.41. The van der Waals surface area contributed by atoms with Crippen LogP contribution < -0.4 is 5.32 Å². The van der Waals surface area contributed by atoms with Crippen molar-refractivity contribution in [1.82, 2.24) is 5.32 Å². The van der Waals surface area contributed by atoms with E-state index >= 15 is 0 Å². The number of nitrogens with one attached hydrogen (secondary N) is 1. The normalized spacial score (nSPS) is 13.0. The molecule has 0 amide bonds. The Kier molecular flexibility index (Phi) is 7.24. The zero-order valence-corrected chi connectivity index (χ0v) is 13.3. The maximum Gasteiger partial charge on any atom is 0.0198 e. The number of rotatable bonds is 7. The second-order valence-corrected chi connectivity index (χ2v) is 6.99. The van der Waals surface area contributed by atoms with E-state index in [9.17, 15) is 0 Å². The first-order valence-corrected chi connectivity index (χ1v) is 8.05. The maximum absolute atomic E-state index is 3.57. The molecule has 1 aromatic rings. The lowest BCUT2D eigenvalue weighted by Crippen LogP contribution is -2.33. The van der Waals surface area contributed by atoms with Crippen molar-refractivity contribution in [3.05, 3.63) is 34.3 Å². The van der Waals surface area contributed by atoms with Gasteiger partial charge in [-0.25, -0.2) is 0 Å². The fourth-order valence-electron chi connectivity index (χ4n) is 1.69. The Morgan fingerprint density at radius 3 is 2.41 bits per heavy atom. The van der Waals surface area contributed by atoms with Crippen LogP contribution in [-0.2, 0) is 6.42 Å². The highest BCUT2D eigenvalue weighted by molar-refractivity contribution is 9.10. The van der Waals surface area contributed by atoms with Crippen LogP contribution in [0.3, 0.4) is 0 Å². The lowest BCUT2D eigenvalue weighted by molar-refractivity contribution is 0.572. The highest BCUT2D eigenvalue weighted by Crippen LogP contribution is 2.15. The Morgan fingerprint density at radius 1 is 1.24 bits per heavy atom. The van der Waals surface area contributed by atoms with Crippen LogP contribution in [0.4, 0.5) is 0 Å². The van der Waals surface area contributed by atoms with Gasteiger partial charge < -0.3 is 5.32 Å². The zero-order chi connectivity index (χ0) is 12.7. The molecule has 0 spiro atoms. The first kappa shape index (κ1) is 15.1. The van der Waals surface area contributed by atoms with Gasteiger partial charge in [-0.2, -0.15) is 11.8 Å². The second-order valence-electron chi connectivity index (χ2n) is 4.47. The third-order valence-corrected chi connectivity index (χ3v) is 4.31. The van der Waals surface area contributed by atoms with Gasteiger partial charge >= 0.3 is 0 Å². The van der Waals surface area contributed by atoms with Crippen LogP contribution in [0, 0.1) is 0 Å². The van der Waals surface area contributed by atoms with E-state index in [2.05, 4.69) is 66.3 Å². The van der Waals surface area contributed by atoms with Crippen molar-refractivity contribution in [2.75, 3.05) is 12.3 Å². The summed E-state index contributed by atoms with van der Waals surface area (Å²) in [6, 6.07) is 9.22. The van der Waals surface area contributed by atoms with Crippen LogP contribution in [0.15, 0.2) is 28.7 Å². The summed E-state index contributed by atoms with van der Waals surface area (Å²) < 4.78 is 1.15. The molecule has 0 heterocycles. The van der Waals surface area contributed by atoms with E-state index in [1.165, 1.54) is 11.3 Å². The summed E-state index contributed by atoms with van der Waals surface area (Å²) in [5, 5.41) is 4.28. The van der Waals surface area contributed by atoms with E-state index < -0.39 is 0 Å². The molecule has 1 rings (SSSR count). The van der Waals surface area contributed by atoms with Crippen molar-refractivity contribution in [1.29, 1.82) is 0 Å². The number of likely N-dealkylation sites (N-methyl/N-ethyl adjacent to an activating group) is 1. The highest BCUT2D eigenvalue weighted by Gasteiger charge is 2.09. The Bertz CT molecular complexity index is 311. The van der Waals surface area contributed by atoms with E-state index in [1.54, 1.807) is 0 Å². The molecule has 0 aliphatic carbocycles. The predicted octanol–water partition coefficient (Wildman–Crippen LogP) is 4.11.